The van der Waals surface area contributed by atoms with Crippen LogP contribution in [-0.2, 0) is 6.42 Å². The third kappa shape index (κ3) is 3.63. The van der Waals surface area contributed by atoms with Crippen LogP contribution in [0.3, 0.4) is 0 Å². The maximum atomic E-state index is 10.9. The predicted octanol–water partition coefficient (Wildman–Crippen LogP) is 2.00. The van der Waals surface area contributed by atoms with Gasteiger partial charge in [0, 0.05) is 12.6 Å². The van der Waals surface area contributed by atoms with Crippen LogP contribution in [0.5, 0.6) is 0 Å². The lowest BCUT2D eigenvalue weighted by molar-refractivity contribution is 0.0697. The van der Waals surface area contributed by atoms with E-state index in [1.54, 1.807) is 12.1 Å². The standard InChI is InChI=1S/C17H24N2O2/c20-17(21)15-3-1-13(2-4-15)11-14-7-10-19(12-14)16-5-8-18-9-6-16/h1-4,14,16,18H,5-12H2,(H,20,21)/t14-/m1/s1. The third-order valence-electron chi connectivity index (χ3n) is 4.87. The molecular weight excluding hydrogens is 264 g/mol. The van der Waals surface area contributed by atoms with Crippen molar-refractivity contribution in [3.8, 4) is 0 Å². The fraction of sp³-hybridized carbons (Fsp3) is 0.588. The molecule has 2 heterocycles. The quantitative estimate of drug-likeness (QED) is 0.890. The lowest BCUT2D eigenvalue weighted by Gasteiger charge is -2.31. The van der Waals surface area contributed by atoms with Crippen molar-refractivity contribution < 1.29 is 9.90 Å². The molecule has 21 heavy (non-hydrogen) atoms. The van der Waals surface area contributed by atoms with Gasteiger partial charge in [-0.25, -0.2) is 4.79 Å². The fourth-order valence-electron chi connectivity index (χ4n) is 3.65. The summed E-state index contributed by atoms with van der Waals surface area (Å²) in [6.45, 7) is 4.73. The summed E-state index contributed by atoms with van der Waals surface area (Å²) in [7, 11) is 0. The minimum atomic E-state index is -0.848. The van der Waals surface area contributed by atoms with Crippen LogP contribution >= 0.6 is 0 Å². The fourth-order valence-corrected chi connectivity index (χ4v) is 3.65. The van der Waals surface area contributed by atoms with Crippen LogP contribution in [0.4, 0.5) is 0 Å². The predicted molar refractivity (Wildman–Crippen MR) is 82.7 cm³/mol. The summed E-state index contributed by atoms with van der Waals surface area (Å²) in [5.74, 6) is -0.130. The van der Waals surface area contributed by atoms with Gasteiger partial charge in [-0.3, -0.25) is 4.90 Å². The molecule has 0 aromatic heterocycles. The first-order valence-corrected chi connectivity index (χ1v) is 7.99. The SMILES string of the molecule is O=C(O)c1ccc(C[C@H]2CCN(C3CCNCC3)C2)cc1. The molecule has 0 amide bonds. The zero-order chi connectivity index (χ0) is 14.7. The number of nitrogens with zero attached hydrogens (tertiary/aromatic N) is 1. The first-order valence-electron chi connectivity index (χ1n) is 7.99. The Bertz CT molecular complexity index is 480. The van der Waals surface area contributed by atoms with Crippen molar-refractivity contribution in [1.29, 1.82) is 0 Å². The third-order valence-corrected chi connectivity index (χ3v) is 4.87. The van der Waals surface area contributed by atoms with Crippen LogP contribution in [0, 0.1) is 5.92 Å². The van der Waals surface area contributed by atoms with Crippen LogP contribution in [-0.4, -0.2) is 48.2 Å². The highest BCUT2D eigenvalue weighted by Crippen LogP contribution is 2.25. The van der Waals surface area contributed by atoms with Crippen molar-refractivity contribution in [2.24, 2.45) is 5.92 Å². The average molecular weight is 288 g/mol. The maximum Gasteiger partial charge on any atom is 0.335 e. The van der Waals surface area contributed by atoms with Crippen molar-refractivity contribution in [2.75, 3.05) is 26.2 Å². The topological polar surface area (TPSA) is 52.6 Å². The van der Waals surface area contributed by atoms with Crippen molar-refractivity contribution in [2.45, 2.75) is 31.7 Å². The van der Waals surface area contributed by atoms with Gasteiger partial charge in [-0.2, -0.15) is 0 Å². The number of hydrogen-bond donors (Lipinski definition) is 2. The second kappa shape index (κ2) is 6.58. The Hall–Kier alpha value is -1.39. The Kier molecular flexibility index (Phi) is 4.56. The number of benzene rings is 1. The summed E-state index contributed by atoms with van der Waals surface area (Å²) in [6.07, 6.45) is 4.89. The summed E-state index contributed by atoms with van der Waals surface area (Å²) >= 11 is 0. The number of carboxylic acid groups (broad SMARTS) is 1. The van der Waals surface area contributed by atoms with E-state index in [1.807, 2.05) is 12.1 Å². The van der Waals surface area contributed by atoms with Crippen LogP contribution < -0.4 is 5.32 Å². The number of piperidine rings is 1. The van der Waals surface area contributed by atoms with Gasteiger partial charge < -0.3 is 10.4 Å². The Balaban J connectivity index is 1.53. The Labute approximate surface area is 126 Å². The van der Waals surface area contributed by atoms with Gasteiger partial charge in [0.25, 0.3) is 0 Å². The molecule has 0 bridgehead atoms. The average Bonchev–Trinajstić information content (AvgIpc) is 2.97. The second-order valence-corrected chi connectivity index (χ2v) is 6.34. The molecule has 1 atom stereocenters. The van der Waals surface area contributed by atoms with E-state index in [-0.39, 0.29) is 0 Å². The van der Waals surface area contributed by atoms with Gasteiger partial charge >= 0.3 is 5.97 Å². The molecule has 4 nitrogen and oxygen atoms in total. The van der Waals surface area contributed by atoms with Gasteiger partial charge in [0.05, 0.1) is 5.56 Å². The van der Waals surface area contributed by atoms with Crippen LogP contribution in [0.1, 0.15) is 35.2 Å². The van der Waals surface area contributed by atoms with E-state index in [0.29, 0.717) is 5.56 Å². The number of likely N-dealkylation sites (tertiary alicyclic amines) is 1. The molecule has 2 fully saturated rings. The first-order chi connectivity index (χ1) is 10.2. The van der Waals surface area contributed by atoms with E-state index in [9.17, 15) is 4.79 Å². The first kappa shape index (κ1) is 14.5. The van der Waals surface area contributed by atoms with E-state index in [0.717, 1.165) is 31.5 Å². The van der Waals surface area contributed by atoms with E-state index in [2.05, 4.69) is 10.2 Å². The van der Waals surface area contributed by atoms with Gasteiger partial charge in [-0.15, -0.1) is 0 Å². The minimum absolute atomic E-state index is 0.376. The number of carbonyl (C=O) groups is 1. The van der Waals surface area contributed by atoms with Gasteiger partial charge in [-0.05, 0) is 68.9 Å². The summed E-state index contributed by atoms with van der Waals surface area (Å²) in [5.41, 5.74) is 1.64. The lowest BCUT2D eigenvalue weighted by atomic mass is 9.97. The summed E-state index contributed by atoms with van der Waals surface area (Å²) in [5, 5.41) is 12.4. The van der Waals surface area contributed by atoms with E-state index in [4.69, 9.17) is 5.11 Å². The molecule has 0 unspecified atom stereocenters. The molecule has 0 radical (unpaired) electrons. The van der Waals surface area contributed by atoms with Gasteiger partial charge in [0.2, 0.25) is 0 Å². The normalized spacial score (nSPS) is 24.3. The van der Waals surface area contributed by atoms with Gasteiger partial charge in [0.15, 0.2) is 0 Å². The van der Waals surface area contributed by atoms with Crippen LogP contribution in [0.25, 0.3) is 0 Å². The molecule has 0 saturated carbocycles. The van der Waals surface area contributed by atoms with Crippen molar-refractivity contribution in [3.05, 3.63) is 35.4 Å². The Morgan fingerprint density at radius 3 is 2.57 bits per heavy atom. The van der Waals surface area contributed by atoms with E-state index in [1.165, 1.54) is 37.9 Å². The van der Waals surface area contributed by atoms with Crippen molar-refractivity contribution in [3.63, 3.8) is 0 Å². The number of nitrogens with one attached hydrogen (secondary N) is 1. The second-order valence-electron chi connectivity index (χ2n) is 6.34. The van der Waals surface area contributed by atoms with E-state index >= 15 is 0 Å². The maximum absolute atomic E-state index is 10.9. The summed E-state index contributed by atoms with van der Waals surface area (Å²) in [6, 6.07) is 8.15. The highest BCUT2D eigenvalue weighted by Gasteiger charge is 2.28. The molecule has 2 saturated heterocycles. The summed E-state index contributed by atoms with van der Waals surface area (Å²) in [4.78, 5) is 13.5. The molecular formula is C17H24N2O2. The highest BCUT2D eigenvalue weighted by molar-refractivity contribution is 5.87. The number of carboxylic acids is 1. The van der Waals surface area contributed by atoms with Gasteiger partial charge in [-0.1, -0.05) is 12.1 Å². The molecule has 3 rings (SSSR count). The summed E-state index contributed by atoms with van der Waals surface area (Å²) < 4.78 is 0. The molecule has 114 valence electrons. The lowest BCUT2D eigenvalue weighted by Crippen LogP contribution is -2.42. The Morgan fingerprint density at radius 1 is 1.19 bits per heavy atom. The minimum Gasteiger partial charge on any atom is -0.478 e. The molecule has 1 aromatic rings. The molecule has 2 aliphatic rings. The molecule has 1 aromatic carbocycles. The van der Waals surface area contributed by atoms with E-state index < -0.39 is 5.97 Å². The highest BCUT2D eigenvalue weighted by atomic mass is 16.4. The number of rotatable bonds is 4. The molecule has 0 aliphatic carbocycles. The molecule has 4 heteroatoms. The van der Waals surface area contributed by atoms with Crippen LogP contribution in [0.2, 0.25) is 0 Å². The smallest absolute Gasteiger partial charge is 0.335 e. The monoisotopic (exact) mass is 288 g/mol. The Morgan fingerprint density at radius 2 is 1.90 bits per heavy atom. The van der Waals surface area contributed by atoms with Crippen LogP contribution in [0.15, 0.2) is 24.3 Å². The van der Waals surface area contributed by atoms with Crippen molar-refractivity contribution in [1.82, 2.24) is 10.2 Å². The molecule has 2 N–H and O–H groups in total. The zero-order valence-corrected chi connectivity index (χ0v) is 12.4. The molecule has 2 aliphatic heterocycles. The number of aromatic carboxylic acids is 1. The number of hydrogen-bond acceptors (Lipinski definition) is 3. The van der Waals surface area contributed by atoms with Crippen molar-refractivity contribution >= 4 is 5.97 Å². The largest absolute Gasteiger partial charge is 0.478 e. The molecule has 0 spiro atoms. The zero-order valence-electron chi connectivity index (χ0n) is 12.4. The van der Waals surface area contributed by atoms with Gasteiger partial charge in [0.1, 0.15) is 0 Å².